The molecule has 0 bridgehead atoms. The quantitative estimate of drug-likeness (QED) is 0.541. The smallest absolute Gasteiger partial charge is 0.307 e. The molecule has 0 aliphatic carbocycles. The molecule has 6 heteroatoms. The van der Waals surface area contributed by atoms with Crippen LogP contribution in [0.15, 0.2) is 17.5 Å². The molecule has 100 valence electrons. The summed E-state index contributed by atoms with van der Waals surface area (Å²) >= 11 is 1.33. The average Bonchev–Trinajstić information content (AvgIpc) is 2.87. The minimum absolute atomic E-state index is 0.0232. The van der Waals surface area contributed by atoms with Gasteiger partial charge in [-0.1, -0.05) is 6.07 Å². The van der Waals surface area contributed by atoms with Gasteiger partial charge in [0.1, 0.15) is 0 Å². The molecule has 1 atom stereocenters. The molecule has 5 nitrogen and oxygen atoms in total. The van der Waals surface area contributed by atoms with E-state index in [1.807, 2.05) is 0 Å². The maximum Gasteiger partial charge on any atom is 0.307 e. The van der Waals surface area contributed by atoms with Crippen molar-refractivity contribution in [3.63, 3.8) is 0 Å². The van der Waals surface area contributed by atoms with Crippen LogP contribution in [-0.4, -0.2) is 42.7 Å². The number of ether oxygens (including phenoxy) is 1. The normalized spacial score (nSPS) is 12.1. The van der Waals surface area contributed by atoms with Gasteiger partial charge in [0, 0.05) is 6.54 Å². The zero-order chi connectivity index (χ0) is 13.4. The van der Waals surface area contributed by atoms with Gasteiger partial charge < -0.3 is 15.2 Å². The number of carbonyl (C=O) groups is 2. The van der Waals surface area contributed by atoms with E-state index in [0.29, 0.717) is 11.5 Å². The van der Waals surface area contributed by atoms with Crippen LogP contribution in [0.25, 0.3) is 0 Å². The fourth-order valence-corrected chi connectivity index (χ4v) is 2.19. The van der Waals surface area contributed by atoms with E-state index in [4.69, 9.17) is 9.84 Å². The Morgan fingerprint density at radius 2 is 2.33 bits per heavy atom. The number of Topliss-reactive ketones (excluding diaryl/α,β-unsaturated/α-hetero) is 1. The molecule has 0 aromatic carbocycles. The lowest BCUT2D eigenvalue weighted by atomic mass is 10.1. The summed E-state index contributed by atoms with van der Waals surface area (Å²) in [5, 5.41) is 13.4. The maximum absolute atomic E-state index is 12.1. The van der Waals surface area contributed by atoms with Gasteiger partial charge in [0.25, 0.3) is 0 Å². The topological polar surface area (TPSA) is 75.6 Å². The first kappa shape index (κ1) is 14.8. The van der Waals surface area contributed by atoms with Crippen molar-refractivity contribution < 1.29 is 19.4 Å². The van der Waals surface area contributed by atoms with Gasteiger partial charge in [0.15, 0.2) is 5.78 Å². The number of hydrogen-bond acceptors (Lipinski definition) is 6. The fraction of sp³-hybridized carbons (Fsp3) is 0.500. The van der Waals surface area contributed by atoms with Gasteiger partial charge in [0.05, 0.1) is 30.6 Å². The molecule has 0 radical (unpaired) electrons. The zero-order valence-electron chi connectivity index (χ0n) is 10.2. The highest BCUT2D eigenvalue weighted by Gasteiger charge is 2.23. The van der Waals surface area contributed by atoms with Gasteiger partial charge in [-0.05, 0) is 18.4 Å². The molecule has 0 saturated carbocycles. The SMILES string of the molecule is CCOC(=O)CC(NCCO)C(=O)c1cccs1. The largest absolute Gasteiger partial charge is 0.466 e. The Kier molecular flexibility index (Phi) is 6.56. The third-order valence-corrected chi connectivity index (χ3v) is 3.14. The molecule has 1 unspecified atom stereocenters. The molecule has 0 saturated heterocycles. The van der Waals surface area contributed by atoms with Gasteiger partial charge in [-0.25, -0.2) is 0 Å². The third-order valence-electron chi connectivity index (χ3n) is 2.26. The minimum atomic E-state index is -0.644. The van der Waals surface area contributed by atoms with E-state index in [1.165, 1.54) is 11.3 Å². The minimum Gasteiger partial charge on any atom is -0.466 e. The summed E-state index contributed by atoms with van der Waals surface area (Å²) in [5.74, 6) is -0.565. The van der Waals surface area contributed by atoms with Crippen LogP contribution < -0.4 is 5.32 Å². The second-order valence-electron chi connectivity index (χ2n) is 3.58. The number of aliphatic hydroxyl groups is 1. The van der Waals surface area contributed by atoms with Gasteiger partial charge in [-0.2, -0.15) is 0 Å². The van der Waals surface area contributed by atoms with E-state index in [0.717, 1.165) is 0 Å². The molecule has 1 aromatic rings. The number of thiophene rings is 1. The van der Waals surface area contributed by atoms with Gasteiger partial charge >= 0.3 is 5.97 Å². The van der Waals surface area contributed by atoms with Gasteiger partial charge in [-0.3, -0.25) is 9.59 Å². The van der Waals surface area contributed by atoms with E-state index >= 15 is 0 Å². The fourth-order valence-electron chi connectivity index (χ4n) is 1.47. The summed E-state index contributed by atoms with van der Waals surface area (Å²) < 4.78 is 4.83. The first-order valence-corrected chi connectivity index (χ1v) is 6.64. The average molecular weight is 271 g/mol. The molecule has 1 aromatic heterocycles. The Labute approximate surface area is 110 Å². The van der Waals surface area contributed by atoms with E-state index in [9.17, 15) is 9.59 Å². The predicted molar refractivity (Wildman–Crippen MR) is 68.8 cm³/mol. The van der Waals surface area contributed by atoms with Crippen LogP contribution in [0.2, 0.25) is 0 Å². The highest BCUT2D eigenvalue weighted by atomic mass is 32.1. The Balaban J connectivity index is 2.65. The number of hydrogen-bond donors (Lipinski definition) is 2. The monoisotopic (exact) mass is 271 g/mol. The summed E-state index contributed by atoms with van der Waals surface area (Å²) in [4.78, 5) is 24.1. The lowest BCUT2D eigenvalue weighted by Crippen LogP contribution is -2.40. The van der Waals surface area contributed by atoms with Crippen molar-refractivity contribution in [3.05, 3.63) is 22.4 Å². The number of nitrogens with one attached hydrogen (secondary N) is 1. The summed E-state index contributed by atoms with van der Waals surface area (Å²) in [6.07, 6.45) is -0.0232. The Hall–Kier alpha value is -1.24. The molecule has 0 aliphatic heterocycles. The second-order valence-corrected chi connectivity index (χ2v) is 4.53. The highest BCUT2D eigenvalue weighted by Crippen LogP contribution is 2.13. The highest BCUT2D eigenvalue weighted by molar-refractivity contribution is 7.12. The van der Waals surface area contributed by atoms with E-state index in [-0.39, 0.29) is 25.4 Å². The van der Waals surface area contributed by atoms with Crippen LogP contribution in [0.5, 0.6) is 0 Å². The molecule has 0 aliphatic rings. The summed E-state index contributed by atoms with van der Waals surface area (Å²) in [7, 11) is 0. The summed E-state index contributed by atoms with van der Waals surface area (Å²) in [5.41, 5.74) is 0. The third kappa shape index (κ3) is 4.56. The van der Waals surface area contributed by atoms with Crippen LogP contribution >= 0.6 is 11.3 Å². The Morgan fingerprint density at radius 3 is 2.89 bits per heavy atom. The lowest BCUT2D eigenvalue weighted by molar-refractivity contribution is -0.143. The van der Waals surface area contributed by atoms with Gasteiger partial charge in [-0.15, -0.1) is 11.3 Å². The molecular weight excluding hydrogens is 254 g/mol. The van der Waals surface area contributed by atoms with Crippen LogP contribution in [0.3, 0.4) is 0 Å². The number of esters is 1. The summed E-state index contributed by atoms with van der Waals surface area (Å²) in [6, 6.07) is 2.85. The molecule has 1 rings (SSSR count). The molecular formula is C12H17NO4S. The van der Waals surface area contributed by atoms with Gasteiger partial charge in [0.2, 0.25) is 0 Å². The van der Waals surface area contributed by atoms with Crippen molar-refractivity contribution in [3.8, 4) is 0 Å². The predicted octanol–water partition coefficient (Wildman–Crippen LogP) is 0.835. The molecule has 0 amide bonds. The lowest BCUT2D eigenvalue weighted by Gasteiger charge is -2.15. The van der Waals surface area contributed by atoms with E-state index < -0.39 is 12.0 Å². The first-order valence-electron chi connectivity index (χ1n) is 5.76. The molecule has 18 heavy (non-hydrogen) atoms. The van der Waals surface area contributed by atoms with Crippen molar-refractivity contribution in [2.75, 3.05) is 19.8 Å². The standard InChI is InChI=1S/C12H17NO4S/c1-2-17-11(15)8-9(13-5-6-14)12(16)10-4-3-7-18-10/h3-4,7,9,13-14H,2,5-6,8H2,1H3. The maximum atomic E-state index is 12.1. The molecule has 0 spiro atoms. The number of rotatable bonds is 8. The number of carbonyl (C=O) groups excluding carboxylic acids is 2. The van der Waals surface area contributed by atoms with Crippen LogP contribution in [0, 0.1) is 0 Å². The Morgan fingerprint density at radius 1 is 1.56 bits per heavy atom. The van der Waals surface area contributed by atoms with E-state index in [2.05, 4.69) is 5.32 Å². The zero-order valence-corrected chi connectivity index (χ0v) is 11.0. The molecule has 2 N–H and O–H groups in total. The van der Waals surface area contributed by atoms with Crippen molar-refractivity contribution >= 4 is 23.1 Å². The van der Waals surface area contributed by atoms with Crippen molar-refractivity contribution in [2.24, 2.45) is 0 Å². The van der Waals surface area contributed by atoms with E-state index in [1.54, 1.807) is 24.4 Å². The van der Waals surface area contributed by atoms with Crippen LogP contribution in [0.1, 0.15) is 23.0 Å². The van der Waals surface area contributed by atoms with Crippen LogP contribution in [-0.2, 0) is 9.53 Å². The Bertz CT molecular complexity index is 377. The first-order chi connectivity index (χ1) is 8.69. The molecule has 0 fully saturated rings. The molecule has 1 heterocycles. The van der Waals surface area contributed by atoms with Crippen LogP contribution in [0.4, 0.5) is 0 Å². The summed E-state index contributed by atoms with van der Waals surface area (Å²) in [6.45, 7) is 2.19. The van der Waals surface area contributed by atoms with Crippen molar-refractivity contribution in [1.29, 1.82) is 0 Å². The van der Waals surface area contributed by atoms with Crippen molar-refractivity contribution in [1.82, 2.24) is 5.32 Å². The number of ketones is 1. The number of aliphatic hydroxyl groups excluding tert-OH is 1. The van der Waals surface area contributed by atoms with Crippen molar-refractivity contribution in [2.45, 2.75) is 19.4 Å². The second kappa shape index (κ2) is 7.97.